The van der Waals surface area contributed by atoms with E-state index >= 15 is 0 Å². The second-order valence-electron chi connectivity index (χ2n) is 10.8. The van der Waals surface area contributed by atoms with Crippen LogP contribution in [0.1, 0.15) is 22.3 Å². The van der Waals surface area contributed by atoms with Gasteiger partial charge in [-0.15, -0.1) is 0 Å². The zero-order valence-corrected chi connectivity index (χ0v) is 21.4. The van der Waals surface area contributed by atoms with E-state index in [2.05, 4.69) is 126 Å². The third-order valence-electron chi connectivity index (χ3n) is 8.60. The van der Waals surface area contributed by atoms with E-state index in [9.17, 15) is 0 Å². The van der Waals surface area contributed by atoms with Crippen LogP contribution >= 0.6 is 0 Å². The molecule has 0 amide bonds. The smallest absolute Gasteiger partial charge is 0.138 e. The number of hydrogen-bond acceptors (Lipinski definition) is 1. The molecule has 0 fully saturated rings. The van der Waals surface area contributed by atoms with Gasteiger partial charge in [0.05, 0.1) is 5.69 Å². The third kappa shape index (κ3) is 3.06. The molecule has 9 rings (SSSR count). The Bertz CT molecular complexity index is 2160. The van der Waals surface area contributed by atoms with Crippen LogP contribution in [0.15, 0.2) is 109 Å². The number of rotatable bonds is 2. The van der Waals surface area contributed by atoms with Gasteiger partial charge < -0.3 is 4.40 Å². The Balaban J connectivity index is 1.19. The molecule has 0 atom stereocenters. The summed E-state index contributed by atoms with van der Waals surface area (Å²) in [5.74, 6) is 0. The van der Waals surface area contributed by atoms with Gasteiger partial charge in [0.25, 0.3) is 0 Å². The molecule has 7 aromatic rings. The Morgan fingerprint density at radius 2 is 1.31 bits per heavy atom. The summed E-state index contributed by atoms with van der Waals surface area (Å²) in [6.07, 6.45) is 15.6. The van der Waals surface area contributed by atoms with E-state index in [4.69, 9.17) is 4.98 Å². The van der Waals surface area contributed by atoms with Crippen molar-refractivity contribution in [3.05, 3.63) is 132 Å². The summed E-state index contributed by atoms with van der Waals surface area (Å²) < 4.78 is 2.13. The SMILES string of the molecule is C1=Cc2cccc3c2c(c2c4c(cc(-c5ccc(-c6cn7cc8ccccc8cc7n6)cc5)cc43)C=CC2)C1. The first-order valence-corrected chi connectivity index (χ1v) is 13.7. The molecule has 0 radical (unpaired) electrons. The quantitative estimate of drug-likeness (QED) is 0.218. The van der Waals surface area contributed by atoms with Crippen LogP contribution in [0.5, 0.6) is 0 Å². The molecule has 2 aromatic heterocycles. The van der Waals surface area contributed by atoms with Gasteiger partial charge in [-0.3, -0.25) is 0 Å². The molecule has 2 heteroatoms. The van der Waals surface area contributed by atoms with Crippen molar-refractivity contribution in [2.24, 2.45) is 0 Å². The summed E-state index contributed by atoms with van der Waals surface area (Å²) in [6, 6.07) is 31.0. The Morgan fingerprint density at radius 3 is 2.15 bits per heavy atom. The monoisotopic (exact) mass is 496 g/mol. The topological polar surface area (TPSA) is 17.3 Å². The van der Waals surface area contributed by atoms with E-state index < -0.39 is 0 Å². The second-order valence-corrected chi connectivity index (χ2v) is 10.8. The molecular weight excluding hydrogens is 472 g/mol. The summed E-state index contributed by atoms with van der Waals surface area (Å²) in [7, 11) is 0. The lowest BCUT2D eigenvalue weighted by atomic mass is 9.80. The van der Waals surface area contributed by atoms with Crippen LogP contribution in [0.25, 0.3) is 72.5 Å². The third-order valence-corrected chi connectivity index (χ3v) is 8.60. The zero-order chi connectivity index (χ0) is 25.5. The highest BCUT2D eigenvalue weighted by Gasteiger charge is 2.21. The van der Waals surface area contributed by atoms with Crippen LogP contribution in [-0.4, -0.2) is 9.38 Å². The van der Waals surface area contributed by atoms with E-state index in [0.29, 0.717) is 0 Å². The van der Waals surface area contributed by atoms with Crippen molar-refractivity contribution < 1.29 is 0 Å². The fourth-order valence-corrected chi connectivity index (χ4v) is 6.78. The number of pyridine rings is 1. The van der Waals surface area contributed by atoms with Crippen molar-refractivity contribution in [1.82, 2.24) is 9.38 Å². The molecular formula is C37H24N2. The van der Waals surface area contributed by atoms with Gasteiger partial charge in [-0.05, 0) is 96.7 Å². The molecule has 0 bridgehead atoms. The first-order chi connectivity index (χ1) is 19.3. The molecule has 2 nitrogen and oxygen atoms in total. The number of allylic oxidation sites excluding steroid dienone is 2. The van der Waals surface area contributed by atoms with Crippen molar-refractivity contribution in [2.45, 2.75) is 12.8 Å². The highest BCUT2D eigenvalue weighted by molar-refractivity contribution is 6.17. The Hall–Kier alpha value is -4.95. The molecule has 0 N–H and O–H groups in total. The molecule has 0 aliphatic heterocycles. The van der Waals surface area contributed by atoms with Crippen molar-refractivity contribution >= 4 is 50.1 Å². The number of imidazole rings is 1. The molecule has 5 aromatic carbocycles. The molecule has 2 heterocycles. The Labute approximate surface area is 226 Å². The van der Waals surface area contributed by atoms with Gasteiger partial charge in [0.15, 0.2) is 0 Å². The summed E-state index contributed by atoms with van der Waals surface area (Å²) in [5.41, 5.74) is 11.3. The molecule has 0 saturated heterocycles. The standard InChI is InChI=1S/C37H24N2/c1-2-7-28-21-39-22-34(38-35(39)20-26(28)6-1)24-16-14-23(15-17-24)29-18-27-10-5-12-31-30-11-3-8-25-9-4-13-32(36(25)30)33(19-29)37(27)31/h1-10,13-22H,11-12H2. The molecule has 2 aliphatic rings. The van der Waals surface area contributed by atoms with Gasteiger partial charge in [0, 0.05) is 18.0 Å². The largest absolute Gasteiger partial charge is 0.306 e. The summed E-state index contributed by atoms with van der Waals surface area (Å²) in [4.78, 5) is 4.93. The summed E-state index contributed by atoms with van der Waals surface area (Å²) >= 11 is 0. The van der Waals surface area contributed by atoms with Crippen molar-refractivity contribution in [3.8, 4) is 22.4 Å². The molecule has 39 heavy (non-hydrogen) atoms. The lowest BCUT2D eigenvalue weighted by molar-refractivity contribution is 1.18. The van der Waals surface area contributed by atoms with E-state index in [1.807, 2.05) is 0 Å². The van der Waals surface area contributed by atoms with Crippen LogP contribution in [0, 0.1) is 0 Å². The maximum atomic E-state index is 4.93. The van der Waals surface area contributed by atoms with Crippen LogP contribution in [0.2, 0.25) is 0 Å². The van der Waals surface area contributed by atoms with Crippen LogP contribution in [-0.2, 0) is 12.8 Å². The number of aromatic nitrogens is 2. The van der Waals surface area contributed by atoms with E-state index in [1.165, 1.54) is 65.7 Å². The minimum absolute atomic E-state index is 0.970. The van der Waals surface area contributed by atoms with E-state index in [1.54, 1.807) is 0 Å². The normalized spacial score (nSPS) is 13.7. The van der Waals surface area contributed by atoms with Gasteiger partial charge in [-0.25, -0.2) is 4.98 Å². The number of nitrogens with zero attached hydrogens (tertiary/aromatic N) is 2. The van der Waals surface area contributed by atoms with Crippen molar-refractivity contribution in [1.29, 1.82) is 0 Å². The highest BCUT2D eigenvalue weighted by atomic mass is 15.0. The predicted octanol–water partition coefficient (Wildman–Crippen LogP) is 9.27. The van der Waals surface area contributed by atoms with Gasteiger partial charge in [0.1, 0.15) is 5.65 Å². The number of hydrogen-bond donors (Lipinski definition) is 0. The fourth-order valence-electron chi connectivity index (χ4n) is 6.78. The summed E-state index contributed by atoms with van der Waals surface area (Å²) in [6.45, 7) is 0. The maximum Gasteiger partial charge on any atom is 0.138 e. The number of fused-ring (bicyclic) bond motifs is 4. The van der Waals surface area contributed by atoms with Gasteiger partial charge in [0.2, 0.25) is 0 Å². The number of benzene rings is 5. The molecule has 182 valence electrons. The molecule has 0 unspecified atom stereocenters. The molecule has 0 saturated carbocycles. The average molecular weight is 497 g/mol. The van der Waals surface area contributed by atoms with Gasteiger partial charge in [-0.2, -0.15) is 0 Å². The summed E-state index contributed by atoms with van der Waals surface area (Å²) in [5, 5.41) is 8.05. The van der Waals surface area contributed by atoms with E-state index in [-0.39, 0.29) is 0 Å². The van der Waals surface area contributed by atoms with Crippen molar-refractivity contribution in [3.63, 3.8) is 0 Å². The van der Waals surface area contributed by atoms with Gasteiger partial charge >= 0.3 is 0 Å². The lowest BCUT2D eigenvalue weighted by Gasteiger charge is -2.24. The first-order valence-electron chi connectivity index (χ1n) is 13.7. The lowest BCUT2D eigenvalue weighted by Crippen LogP contribution is -2.04. The molecule has 0 spiro atoms. The minimum Gasteiger partial charge on any atom is -0.306 e. The van der Waals surface area contributed by atoms with Crippen LogP contribution in [0.4, 0.5) is 0 Å². The Kier molecular flexibility index (Phi) is 4.20. The second kappa shape index (κ2) is 7.78. The van der Waals surface area contributed by atoms with E-state index in [0.717, 1.165) is 29.7 Å². The highest BCUT2D eigenvalue weighted by Crippen LogP contribution is 2.43. The first kappa shape index (κ1) is 21.0. The average Bonchev–Trinajstić information content (AvgIpc) is 3.41. The zero-order valence-electron chi connectivity index (χ0n) is 21.4. The predicted molar refractivity (Wildman–Crippen MR) is 164 cm³/mol. The molecule has 2 aliphatic carbocycles. The fraction of sp³-hybridized carbons (Fsp3) is 0.0541. The maximum absolute atomic E-state index is 4.93. The van der Waals surface area contributed by atoms with Crippen molar-refractivity contribution in [2.75, 3.05) is 0 Å². The van der Waals surface area contributed by atoms with Crippen LogP contribution < -0.4 is 0 Å². The van der Waals surface area contributed by atoms with Crippen LogP contribution in [0.3, 0.4) is 0 Å². The van der Waals surface area contributed by atoms with Gasteiger partial charge in [-0.1, -0.05) is 91.0 Å². The Morgan fingerprint density at radius 1 is 0.564 bits per heavy atom. The minimum atomic E-state index is 0.970.